The molecule has 0 bridgehead atoms. The number of benzene rings is 1. The molecule has 0 fully saturated rings. The number of rotatable bonds is 12. The molecular formula is C19H26Cl2FN3O6S. The molecule has 0 spiro atoms. The minimum absolute atomic E-state index is 0.0126. The van der Waals surface area contributed by atoms with Crippen LogP contribution in [0, 0.1) is 0 Å². The topological polar surface area (TPSA) is 145 Å². The first-order valence-corrected chi connectivity index (χ1v) is 12.3. The Kier molecular flexibility index (Phi) is 11.3. The van der Waals surface area contributed by atoms with E-state index in [4.69, 9.17) is 33.7 Å². The van der Waals surface area contributed by atoms with Gasteiger partial charge in [-0.05, 0) is 31.0 Å². The fraction of sp³-hybridized carbons (Fsp3) is 0.526. The minimum atomic E-state index is -3.48. The van der Waals surface area contributed by atoms with Gasteiger partial charge >= 0.3 is 5.97 Å². The fourth-order valence-corrected chi connectivity index (χ4v) is 3.29. The lowest BCUT2D eigenvalue weighted by Gasteiger charge is -2.27. The highest BCUT2D eigenvalue weighted by atomic mass is 35.5. The summed E-state index contributed by atoms with van der Waals surface area (Å²) in [5, 5.41) is 4.81. The Balaban J connectivity index is 2.98. The number of carbonyl (C=O) groups is 3. The maximum Gasteiger partial charge on any atom is 0.306 e. The zero-order valence-electron chi connectivity index (χ0n) is 17.5. The van der Waals surface area contributed by atoms with E-state index in [0.717, 1.165) is 6.26 Å². The van der Waals surface area contributed by atoms with Crippen LogP contribution in [0.25, 0.3) is 0 Å². The number of halogens is 3. The van der Waals surface area contributed by atoms with Crippen LogP contribution in [0.1, 0.15) is 31.4 Å². The van der Waals surface area contributed by atoms with Gasteiger partial charge in [-0.2, -0.15) is 0 Å². The van der Waals surface area contributed by atoms with Crippen molar-refractivity contribution in [1.29, 1.82) is 0 Å². The summed E-state index contributed by atoms with van der Waals surface area (Å²) >= 11 is 11.0. The van der Waals surface area contributed by atoms with Crippen molar-refractivity contribution < 1.29 is 31.9 Å². The summed E-state index contributed by atoms with van der Waals surface area (Å²) in [6, 6.07) is 3.24. The number of ether oxygens (including phenoxy) is 1. The molecule has 180 valence electrons. The predicted molar refractivity (Wildman–Crippen MR) is 118 cm³/mol. The van der Waals surface area contributed by atoms with Crippen molar-refractivity contribution in [2.75, 3.05) is 19.5 Å². The maximum atomic E-state index is 13.8. The third-order valence-corrected chi connectivity index (χ3v) is 5.75. The Morgan fingerprint density at radius 1 is 1.16 bits per heavy atom. The van der Waals surface area contributed by atoms with Gasteiger partial charge in [-0.15, -0.1) is 0 Å². The van der Waals surface area contributed by atoms with Gasteiger partial charge < -0.3 is 21.1 Å². The van der Waals surface area contributed by atoms with E-state index in [1.807, 2.05) is 0 Å². The summed E-state index contributed by atoms with van der Waals surface area (Å²) in [4.78, 5) is 34.1. The molecule has 0 heterocycles. The molecule has 4 N–H and O–H groups in total. The summed E-state index contributed by atoms with van der Waals surface area (Å²) in [5.74, 6) is -1.99. The summed E-state index contributed by atoms with van der Waals surface area (Å²) in [7, 11) is -3.48. The van der Waals surface area contributed by atoms with Crippen molar-refractivity contribution in [2.24, 2.45) is 5.73 Å². The number of sulfone groups is 1. The van der Waals surface area contributed by atoms with Crippen LogP contribution in [-0.4, -0.2) is 62.6 Å². The standard InChI is InChI=1S/C19H26Cl2FN3O6S/c1-11(23)18(27)24-9-3-4-15(26)31-16(14(10-22)25-19(28)17(20)21)12-5-7-13(8-6-12)32(2,29)30/h5-8,11,14,16-17H,3-4,9-10,23H2,1-2H3,(H,24,27)(H,25,28)/t11-,14-,16-/m1/s1. The van der Waals surface area contributed by atoms with E-state index in [9.17, 15) is 27.2 Å². The summed E-state index contributed by atoms with van der Waals surface area (Å²) in [6.07, 6.45) is -0.141. The predicted octanol–water partition coefficient (Wildman–Crippen LogP) is 1.18. The van der Waals surface area contributed by atoms with E-state index < -0.39 is 51.4 Å². The highest BCUT2D eigenvalue weighted by Gasteiger charge is 2.30. The van der Waals surface area contributed by atoms with Crippen molar-refractivity contribution in [1.82, 2.24) is 10.6 Å². The number of alkyl halides is 3. The summed E-state index contributed by atoms with van der Waals surface area (Å²) < 4.78 is 42.5. The molecule has 0 unspecified atom stereocenters. The lowest BCUT2D eigenvalue weighted by Crippen LogP contribution is -2.44. The van der Waals surface area contributed by atoms with E-state index >= 15 is 0 Å². The molecule has 32 heavy (non-hydrogen) atoms. The molecule has 0 radical (unpaired) electrons. The van der Waals surface area contributed by atoms with Crippen LogP contribution in [0.5, 0.6) is 0 Å². The number of amides is 2. The van der Waals surface area contributed by atoms with Crippen molar-refractivity contribution in [3.8, 4) is 0 Å². The molecule has 13 heteroatoms. The molecule has 1 aromatic rings. The molecule has 3 atom stereocenters. The van der Waals surface area contributed by atoms with Gasteiger partial charge in [0.05, 0.1) is 17.0 Å². The van der Waals surface area contributed by atoms with Crippen LogP contribution in [0.4, 0.5) is 4.39 Å². The van der Waals surface area contributed by atoms with Crippen LogP contribution in [0.2, 0.25) is 0 Å². The largest absolute Gasteiger partial charge is 0.455 e. The van der Waals surface area contributed by atoms with Gasteiger partial charge in [0.1, 0.15) is 12.8 Å². The second kappa shape index (κ2) is 12.9. The lowest BCUT2D eigenvalue weighted by atomic mass is 10.0. The zero-order chi connectivity index (χ0) is 24.5. The third-order valence-electron chi connectivity index (χ3n) is 4.22. The van der Waals surface area contributed by atoms with Crippen molar-refractivity contribution in [3.63, 3.8) is 0 Å². The first kappa shape index (κ1) is 28.1. The summed E-state index contributed by atoms with van der Waals surface area (Å²) in [6.45, 7) is 0.565. The number of hydrogen-bond donors (Lipinski definition) is 3. The zero-order valence-corrected chi connectivity index (χ0v) is 19.8. The van der Waals surface area contributed by atoms with Crippen LogP contribution < -0.4 is 16.4 Å². The number of nitrogens with one attached hydrogen (secondary N) is 2. The normalized spacial score (nSPS) is 14.3. The van der Waals surface area contributed by atoms with Gasteiger partial charge in [0.15, 0.2) is 14.7 Å². The second-order valence-electron chi connectivity index (χ2n) is 7.00. The van der Waals surface area contributed by atoms with Crippen molar-refractivity contribution in [3.05, 3.63) is 29.8 Å². The molecule has 1 rings (SSSR count). The number of carbonyl (C=O) groups excluding carboxylic acids is 3. The quantitative estimate of drug-likeness (QED) is 0.216. The lowest BCUT2D eigenvalue weighted by molar-refractivity contribution is -0.152. The molecule has 0 aliphatic heterocycles. The van der Waals surface area contributed by atoms with E-state index in [2.05, 4.69) is 10.6 Å². The second-order valence-corrected chi connectivity index (χ2v) is 10.1. The van der Waals surface area contributed by atoms with Gasteiger partial charge in [0, 0.05) is 19.2 Å². The smallest absolute Gasteiger partial charge is 0.306 e. The number of hydrogen-bond acceptors (Lipinski definition) is 7. The first-order chi connectivity index (χ1) is 14.9. The van der Waals surface area contributed by atoms with Crippen molar-refractivity contribution >= 4 is 50.8 Å². The maximum absolute atomic E-state index is 13.8. The highest BCUT2D eigenvalue weighted by molar-refractivity contribution is 7.90. The molecular weight excluding hydrogens is 488 g/mol. The number of nitrogens with two attached hydrogens (primary N) is 1. The van der Waals surface area contributed by atoms with E-state index in [0.29, 0.717) is 0 Å². The van der Waals surface area contributed by atoms with Crippen LogP contribution in [0.3, 0.4) is 0 Å². The Bertz CT molecular complexity index is 897. The van der Waals surface area contributed by atoms with Crippen LogP contribution in [-0.2, 0) is 29.0 Å². The van der Waals surface area contributed by atoms with Crippen molar-refractivity contribution in [2.45, 2.75) is 47.7 Å². The minimum Gasteiger partial charge on any atom is -0.455 e. The SMILES string of the molecule is C[C@@H](N)C(=O)NCCCC(=O)O[C@H](c1ccc(S(C)(=O)=O)cc1)[C@@H](CF)NC(=O)C(Cl)Cl. The molecule has 1 aromatic carbocycles. The Labute approximate surface area is 196 Å². The Morgan fingerprint density at radius 2 is 1.75 bits per heavy atom. The Hall–Kier alpha value is -1.95. The summed E-state index contributed by atoms with van der Waals surface area (Å²) in [5.41, 5.74) is 5.67. The number of esters is 1. The molecule has 0 aliphatic rings. The van der Waals surface area contributed by atoms with Crippen LogP contribution >= 0.6 is 23.2 Å². The van der Waals surface area contributed by atoms with E-state index in [1.165, 1.54) is 31.2 Å². The average Bonchev–Trinajstić information content (AvgIpc) is 2.72. The van der Waals surface area contributed by atoms with Gasteiger partial charge in [0.25, 0.3) is 5.91 Å². The fourth-order valence-electron chi connectivity index (χ4n) is 2.53. The van der Waals surface area contributed by atoms with E-state index in [1.54, 1.807) is 0 Å². The first-order valence-electron chi connectivity index (χ1n) is 9.54. The molecule has 0 saturated carbocycles. The van der Waals surface area contributed by atoms with E-state index in [-0.39, 0.29) is 35.8 Å². The van der Waals surface area contributed by atoms with Crippen LogP contribution in [0.15, 0.2) is 29.2 Å². The molecule has 0 aromatic heterocycles. The Morgan fingerprint density at radius 3 is 2.22 bits per heavy atom. The molecule has 0 saturated heterocycles. The average molecular weight is 514 g/mol. The molecule has 2 amide bonds. The molecule has 0 aliphatic carbocycles. The van der Waals surface area contributed by atoms with Gasteiger partial charge in [-0.3, -0.25) is 14.4 Å². The third kappa shape index (κ3) is 9.27. The monoisotopic (exact) mass is 513 g/mol. The highest BCUT2D eigenvalue weighted by Crippen LogP contribution is 2.25. The van der Waals surface area contributed by atoms with Gasteiger partial charge in [0.2, 0.25) is 5.91 Å². The molecule has 9 nitrogen and oxygen atoms in total. The van der Waals surface area contributed by atoms with Gasteiger partial charge in [-0.1, -0.05) is 35.3 Å². The van der Waals surface area contributed by atoms with Gasteiger partial charge in [-0.25, -0.2) is 12.8 Å².